The first-order valence-electron chi connectivity index (χ1n) is 10.0. The number of halogens is 3. The molecule has 0 bridgehead atoms. The summed E-state index contributed by atoms with van der Waals surface area (Å²) in [6.07, 6.45) is 2.52. The molecule has 10 heteroatoms. The number of phenols is 1. The maximum absolute atomic E-state index is 13.2. The second-order valence-electron chi connectivity index (χ2n) is 8.01. The van der Waals surface area contributed by atoms with Crippen LogP contribution in [0.3, 0.4) is 0 Å². The normalized spacial score (nSPS) is 19.1. The third-order valence-electron chi connectivity index (χ3n) is 5.31. The molecule has 2 aliphatic heterocycles. The molecule has 3 heterocycles. The lowest BCUT2D eigenvalue weighted by molar-refractivity contribution is -0.137. The summed E-state index contributed by atoms with van der Waals surface area (Å²) < 4.78 is 41.0. The van der Waals surface area contributed by atoms with Crippen molar-refractivity contribution >= 4 is 17.3 Å². The van der Waals surface area contributed by atoms with E-state index in [4.69, 9.17) is 0 Å². The van der Waals surface area contributed by atoms with Gasteiger partial charge in [0.25, 0.3) is 5.91 Å². The summed E-state index contributed by atoms with van der Waals surface area (Å²) in [6, 6.07) is 1.99. The molecule has 1 aromatic heterocycles. The summed E-state index contributed by atoms with van der Waals surface area (Å²) in [5.41, 5.74) is 1.09. The van der Waals surface area contributed by atoms with Gasteiger partial charge in [-0.2, -0.15) is 18.3 Å². The maximum atomic E-state index is 13.2. The molecule has 7 nitrogen and oxygen atoms in total. The zero-order valence-corrected chi connectivity index (χ0v) is 17.7. The highest BCUT2D eigenvalue weighted by atomic mass is 19.4. The Bertz CT molecular complexity index is 1160. The number of hydrogen-bond donors (Lipinski definition) is 2. The van der Waals surface area contributed by atoms with Gasteiger partial charge in [-0.05, 0) is 43.7 Å². The van der Waals surface area contributed by atoms with Crippen LogP contribution in [0.25, 0.3) is 5.57 Å². The largest absolute Gasteiger partial charge is 0.508 e. The Hall–Kier alpha value is -3.56. The molecule has 1 amide bonds. The van der Waals surface area contributed by atoms with Crippen LogP contribution >= 0.6 is 0 Å². The van der Waals surface area contributed by atoms with E-state index in [-0.39, 0.29) is 11.6 Å². The van der Waals surface area contributed by atoms with Crippen LogP contribution < -0.4 is 5.32 Å². The van der Waals surface area contributed by atoms with Crippen molar-refractivity contribution in [2.24, 2.45) is 12.0 Å². The number of hydrogen-bond acceptors (Lipinski definition) is 5. The molecule has 2 aromatic rings. The number of aromatic nitrogens is 2. The number of amidine groups is 1. The fourth-order valence-electron chi connectivity index (χ4n) is 3.76. The average molecular weight is 445 g/mol. The topological polar surface area (TPSA) is 82.8 Å². The van der Waals surface area contributed by atoms with E-state index in [9.17, 15) is 23.1 Å². The van der Waals surface area contributed by atoms with Crippen molar-refractivity contribution in [3.8, 4) is 5.75 Å². The third-order valence-corrected chi connectivity index (χ3v) is 5.31. The monoisotopic (exact) mass is 445 g/mol. The number of nitrogens with one attached hydrogen (secondary N) is 1. The van der Waals surface area contributed by atoms with E-state index in [1.165, 1.54) is 6.07 Å². The lowest BCUT2D eigenvalue weighted by atomic mass is 10.0. The van der Waals surface area contributed by atoms with Gasteiger partial charge in [-0.3, -0.25) is 14.5 Å². The molecular weight excluding hydrogens is 423 g/mol. The van der Waals surface area contributed by atoms with E-state index in [0.717, 1.165) is 17.2 Å². The van der Waals surface area contributed by atoms with Crippen LogP contribution in [0.15, 0.2) is 53.4 Å². The number of nitrogens with zero attached hydrogens (tertiary/aromatic N) is 4. The van der Waals surface area contributed by atoms with Crippen LogP contribution in [-0.4, -0.2) is 44.1 Å². The van der Waals surface area contributed by atoms with E-state index >= 15 is 0 Å². The minimum atomic E-state index is -4.61. The fraction of sp³-hybridized carbons (Fsp3) is 0.318. The zero-order valence-electron chi connectivity index (χ0n) is 17.7. The van der Waals surface area contributed by atoms with E-state index in [1.807, 2.05) is 24.2 Å². The molecule has 2 aliphatic rings. The van der Waals surface area contributed by atoms with Crippen LogP contribution in [0, 0.1) is 0 Å². The zero-order chi connectivity index (χ0) is 23.2. The van der Waals surface area contributed by atoms with Crippen LogP contribution in [0.1, 0.15) is 36.6 Å². The average Bonchev–Trinajstić information content (AvgIpc) is 3.30. The molecule has 0 spiro atoms. The van der Waals surface area contributed by atoms with Crippen LogP contribution in [0.5, 0.6) is 5.75 Å². The van der Waals surface area contributed by atoms with Crippen molar-refractivity contribution in [2.45, 2.75) is 32.1 Å². The summed E-state index contributed by atoms with van der Waals surface area (Å²) in [5, 5.41) is 16.6. The van der Waals surface area contributed by atoms with Crippen LogP contribution in [-0.2, 0) is 18.0 Å². The number of aliphatic imine (C=N–C) groups is 1. The molecule has 0 radical (unpaired) electrons. The number of aryl methyl sites for hydroxylation is 1. The number of amides is 1. The van der Waals surface area contributed by atoms with E-state index in [0.29, 0.717) is 24.0 Å². The Morgan fingerprint density at radius 1 is 1.31 bits per heavy atom. The van der Waals surface area contributed by atoms with Gasteiger partial charge in [0.05, 0.1) is 29.4 Å². The standard InChI is InChI=1S/C22H22F3N5O2/c1-12-9-30-11-15(16-8-26-29(3)10-16)6-19(20(30)27-12)21(32)28-13(2)14-4-17(22(23,24)25)7-18(31)5-14/h4-8,10-13,31H,9H2,1-3H3,(H,28,32)/t12-,13-/m1/s1. The van der Waals surface area contributed by atoms with Crippen molar-refractivity contribution < 1.29 is 23.1 Å². The first-order valence-corrected chi connectivity index (χ1v) is 10.0. The Morgan fingerprint density at radius 3 is 2.72 bits per heavy atom. The highest BCUT2D eigenvalue weighted by molar-refractivity contribution is 6.24. The van der Waals surface area contributed by atoms with Crippen molar-refractivity contribution in [1.82, 2.24) is 20.0 Å². The quantitative estimate of drug-likeness (QED) is 0.756. The summed E-state index contributed by atoms with van der Waals surface area (Å²) in [7, 11) is 1.79. The van der Waals surface area contributed by atoms with Crippen LogP contribution in [0.4, 0.5) is 13.2 Å². The molecule has 0 saturated carbocycles. The highest BCUT2D eigenvalue weighted by Gasteiger charge is 2.33. The molecule has 1 aromatic carbocycles. The van der Waals surface area contributed by atoms with E-state index < -0.39 is 29.4 Å². The summed E-state index contributed by atoms with van der Waals surface area (Å²) in [6.45, 7) is 4.11. The molecule has 4 rings (SSSR count). The van der Waals surface area contributed by atoms with Gasteiger partial charge >= 0.3 is 6.18 Å². The lowest BCUT2D eigenvalue weighted by Gasteiger charge is -2.25. The summed E-state index contributed by atoms with van der Waals surface area (Å²) in [5.74, 6) is -0.474. The molecule has 0 saturated heterocycles. The number of fused-ring (bicyclic) bond motifs is 1. The number of alkyl halides is 3. The molecule has 32 heavy (non-hydrogen) atoms. The molecule has 2 atom stereocenters. The SMILES string of the molecule is C[C@@H]1CN2C=C(c3cnn(C)c3)C=C(C(=O)N[C@H](C)c3cc(O)cc(C(F)(F)F)c3)C2=N1. The first-order chi connectivity index (χ1) is 15.0. The minimum absolute atomic E-state index is 0.0106. The Kier molecular flexibility index (Phi) is 5.31. The fourth-order valence-corrected chi connectivity index (χ4v) is 3.76. The lowest BCUT2D eigenvalue weighted by Crippen LogP contribution is -2.36. The number of aromatic hydroxyl groups is 1. The molecule has 2 N–H and O–H groups in total. The van der Waals surface area contributed by atoms with Crippen LogP contribution in [0.2, 0.25) is 0 Å². The highest BCUT2D eigenvalue weighted by Crippen LogP contribution is 2.34. The number of phenolic OH excluding ortho intramolecular Hbond substituents is 1. The smallest absolute Gasteiger partial charge is 0.416 e. The predicted octanol–water partition coefficient (Wildman–Crippen LogP) is 3.41. The van der Waals surface area contributed by atoms with Gasteiger partial charge in [0, 0.05) is 37.1 Å². The number of allylic oxidation sites excluding steroid dienone is 2. The van der Waals surface area contributed by atoms with Crippen molar-refractivity contribution in [1.29, 1.82) is 0 Å². The van der Waals surface area contributed by atoms with Gasteiger partial charge in [0.15, 0.2) is 0 Å². The minimum Gasteiger partial charge on any atom is -0.508 e. The van der Waals surface area contributed by atoms with Crippen molar-refractivity contribution in [3.05, 3.63) is 65.1 Å². The van der Waals surface area contributed by atoms with E-state index in [1.54, 1.807) is 30.9 Å². The molecule has 168 valence electrons. The Morgan fingerprint density at radius 2 is 2.06 bits per heavy atom. The van der Waals surface area contributed by atoms with Crippen molar-refractivity contribution in [3.63, 3.8) is 0 Å². The Labute approximate surface area is 182 Å². The molecule has 0 aliphatic carbocycles. The van der Waals surface area contributed by atoms with Gasteiger partial charge in [0.2, 0.25) is 0 Å². The number of carbonyl (C=O) groups excluding carboxylic acids is 1. The van der Waals surface area contributed by atoms with E-state index in [2.05, 4.69) is 15.4 Å². The van der Waals surface area contributed by atoms with Gasteiger partial charge in [-0.25, -0.2) is 0 Å². The first kappa shape index (κ1) is 21.7. The van der Waals surface area contributed by atoms with Gasteiger partial charge < -0.3 is 15.3 Å². The third kappa shape index (κ3) is 4.25. The predicted molar refractivity (Wildman–Crippen MR) is 113 cm³/mol. The number of carbonyl (C=O) groups is 1. The molecular formula is C22H22F3N5O2. The number of benzene rings is 1. The summed E-state index contributed by atoms with van der Waals surface area (Å²) >= 11 is 0. The molecule has 0 fully saturated rings. The molecule has 0 unspecified atom stereocenters. The number of rotatable bonds is 4. The second-order valence-corrected chi connectivity index (χ2v) is 8.01. The van der Waals surface area contributed by atoms with Gasteiger partial charge in [0.1, 0.15) is 11.6 Å². The van der Waals surface area contributed by atoms with Crippen molar-refractivity contribution in [2.75, 3.05) is 6.54 Å². The maximum Gasteiger partial charge on any atom is 0.416 e. The van der Waals surface area contributed by atoms with Gasteiger partial charge in [-0.1, -0.05) is 0 Å². The summed E-state index contributed by atoms with van der Waals surface area (Å²) in [4.78, 5) is 19.6. The second kappa shape index (κ2) is 7.85. The Balaban J connectivity index is 1.63. The van der Waals surface area contributed by atoms with Gasteiger partial charge in [-0.15, -0.1) is 0 Å².